The van der Waals surface area contributed by atoms with Crippen LogP contribution in [0.4, 0.5) is 5.69 Å². The molecule has 0 aliphatic heterocycles. The normalized spacial score (nSPS) is 13.4. The number of aliphatic hydroxyl groups is 1. The van der Waals surface area contributed by atoms with Crippen molar-refractivity contribution in [3.63, 3.8) is 0 Å². The van der Waals surface area contributed by atoms with Gasteiger partial charge in [-0.15, -0.1) is 0 Å². The summed E-state index contributed by atoms with van der Waals surface area (Å²) in [5, 5.41) is 21.2. The summed E-state index contributed by atoms with van der Waals surface area (Å²) >= 11 is 0. The van der Waals surface area contributed by atoms with E-state index in [4.69, 9.17) is 10.9 Å². The molecule has 1 aromatic rings. The van der Waals surface area contributed by atoms with Gasteiger partial charge in [0.1, 0.15) is 0 Å². The van der Waals surface area contributed by atoms with Crippen LogP contribution < -0.4 is 10.6 Å². The highest BCUT2D eigenvalue weighted by atomic mass is 16.4. The largest absolute Gasteiger partial charge is 0.409 e. The van der Waals surface area contributed by atoms with Gasteiger partial charge in [-0.2, -0.15) is 0 Å². The van der Waals surface area contributed by atoms with Crippen molar-refractivity contribution in [3.05, 3.63) is 29.3 Å². The average molecular weight is 251 g/mol. The fourth-order valence-corrected chi connectivity index (χ4v) is 1.74. The highest BCUT2D eigenvalue weighted by Crippen LogP contribution is 2.21. The molecule has 0 heterocycles. The van der Waals surface area contributed by atoms with Gasteiger partial charge in [-0.3, -0.25) is 0 Å². The topological polar surface area (TPSA) is 82.1 Å². The number of anilines is 1. The Morgan fingerprint density at radius 2 is 2.17 bits per heavy atom. The molecule has 4 N–H and O–H groups in total. The van der Waals surface area contributed by atoms with E-state index in [9.17, 15) is 5.11 Å². The van der Waals surface area contributed by atoms with Gasteiger partial charge in [0.05, 0.1) is 6.10 Å². The molecule has 18 heavy (non-hydrogen) atoms. The molecule has 0 saturated heterocycles. The molecular formula is C13H21N3O2. The van der Waals surface area contributed by atoms with Crippen molar-refractivity contribution in [2.45, 2.75) is 26.4 Å². The Kier molecular flexibility index (Phi) is 4.97. The fourth-order valence-electron chi connectivity index (χ4n) is 1.74. The van der Waals surface area contributed by atoms with Crippen molar-refractivity contribution in [3.8, 4) is 0 Å². The molecular weight excluding hydrogens is 230 g/mol. The Morgan fingerprint density at radius 1 is 1.50 bits per heavy atom. The van der Waals surface area contributed by atoms with E-state index in [0.29, 0.717) is 18.5 Å². The molecule has 5 nitrogen and oxygen atoms in total. The third kappa shape index (κ3) is 3.63. The Labute approximate surface area is 108 Å². The molecule has 0 fully saturated rings. The second-order valence-corrected chi connectivity index (χ2v) is 4.57. The van der Waals surface area contributed by atoms with E-state index in [0.717, 1.165) is 11.3 Å². The van der Waals surface area contributed by atoms with Crippen LogP contribution in [0.5, 0.6) is 0 Å². The number of hydrogen-bond acceptors (Lipinski definition) is 4. The molecule has 0 aliphatic carbocycles. The lowest BCUT2D eigenvalue weighted by molar-refractivity contribution is 0.187. The number of amidine groups is 1. The van der Waals surface area contributed by atoms with Gasteiger partial charge in [0.15, 0.2) is 5.84 Å². The van der Waals surface area contributed by atoms with Crippen molar-refractivity contribution in [1.82, 2.24) is 0 Å². The van der Waals surface area contributed by atoms with E-state index in [1.165, 1.54) is 0 Å². The molecule has 0 spiro atoms. The molecule has 0 saturated carbocycles. The minimum absolute atomic E-state index is 0.0950. The first-order valence-electron chi connectivity index (χ1n) is 5.93. The Hall–Kier alpha value is -1.75. The summed E-state index contributed by atoms with van der Waals surface area (Å²) in [6, 6.07) is 5.79. The van der Waals surface area contributed by atoms with Crippen LogP contribution in [0.1, 0.15) is 24.5 Å². The molecule has 1 aromatic carbocycles. The molecule has 0 radical (unpaired) electrons. The summed E-state index contributed by atoms with van der Waals surface area (Å²) in [4.78, 5) is 1.99. The highest BCUT2D eigenvalue weighted by molar-refractivity contribution is 6.02. The summed E-state index contributed by atoms with van der Waals surface area (Å²) in [6.07, 6.45) is 0.324. The maximum Gasteiger partial charge on any atom is 0.172 e. The van der Waals surface area contributed by atoms with Gasteiger partial charge in [-0.1, -0.05) is 16.8 Å². The second kappa shape index (κ2) is 6.26. The minimum Gasteiger partial charge on any atom is -0.409 e. The number of rotatable bonds is 5. The van der Waals surface area contributed by atoms with Gasteiger partial charge in [0.25, 0.3) is 0 Å². The van der Waals surface area contributed by atoms with Gasteiger partial charge in [0, 0.05) is 24.8 Å². The van der Waals surface area contributed by atoms with Gasteiger partial charge < -0.3 is 20.9 Å². The molecule has 1 unspecified atom stereocenters. The summed E-state index contributed by atoms with van der Waals surface area (Å²) in [6.45, 7) is 4.41. The van der Waals surface area contributed by atoms with Gasteiger partial charge >= 0.3 is 0 Å². The fraction of sp³-hybridized carbons (Fsp3) is 0.462. The first-order chi connectivity index (χ1) is 8.45. The van der Waals surface area contributed by atoms with Crippen molar-refractivity contribution in [1.29, 1.82) is 0 Å². The van der Waals surface area contributed by atoms with E-state index in [-0.39, 0.29) is 11.9 Å². The smallest absolute Gasteiger partial charge is 0.172 e. The van der Waals surface area contributed by atoms with Crippen LogP contribution in [0.15, 0.2) is 23.4 Å². The number of nitrogens with zero attached hydrogens (tertiary/aromatic N) is 2. The third-order valence-electron chi connectivity index (χ3n) is 2.83. The van der Waals surface area contributed by atoms with Crippen LogP contribution in [0.3, 0.4) is 0 Å². The molecule has 0 aromatic heterocycles. The first-order valence-corrected chi connectivity index (χ1v) is 5.93. The zero-order valence-corrected chi connectivity index (χ0v) is 11.1. The number of oxime groups is 1. The van der Waals surface area contributed by atoms with Crippen molar-refractivity contribution in [2.75, 3.05) is 18.5 Å². The number of aryl methyl sites for hydroxylation is 1. The third-order valence-corrected chi connectivity index (χ3v) is 2.83. The predicted octanol–water partition coefficient (Wildman–Crippen LogP) is 1.30. The Bertz CT molecular complexity index is 430. The maximum absolute atomic E-state index is 9.30. The van der Waals surface area contributed by atoms with E-state index < -0.39 is 0 Å². The summed E-state index contributed by atoms with van der Waals surface area (Å²) in [5.41, 5.74) is 8.31. The molecule has 1 rings (SSSR count). The van der Waals surface area contributed by atoms with E-state index >= 15 is 0 Å². The summed E-state index contributed by atoms with van der Waals surface area (Å²) in [7, 11) is 1.92. The highest BCUT2D eigenvalue weighted by Gasteiger charge is 2.11. The van der Waals surface area contributed by atoms with Crippen LogP contribution in [0.25, 0.3) is 0 Å². The SMILES string of the molecule is Cc1ccc(N(C)CCC(C)O)c(/C(N)=N/O)c1. The molecule has 100 valence electrons. The van der Waals surface area contributed by atoms with Gasteiger partial charge in [-0.05, 0) is 32.4 Å². The lowest BCUT2D eigenvalue weighted by Crippen LogP contribution is -2.25. The van der Waals surface area contributed by atoms with Crippen LogP contribution in [0.2, 0.25) is 0 Å². The van der Waals surface area contributed by atoms with E-state index in [2.05, 4.69) is 5.16 Å². The van der Waals surface area contributed by atoms with Gasteiger partial charge in [-0.25, -0.2) is 0 Å². The number of aliphatic hydroxyl groups excluding tert-OH is 1. The quantitative estimate of drug-likeness (QED) is 0.319. The second-order valence-electron chi connectivity index (χ2n) is 4.57. The molecule has 0 aliphatic rings. The van der Waals surface area contributed by atoms with Crippen LogP contribution >= 0.6 is 0 Å². The van der Waals surface area contributed by atoms with Gasteiger partial charge in [0.2, 0.25) is 0 Å². The van der Waals surface area contributed by atoms with Crippen molar-refractivity contribution < 1.29 is 10.3 Å². The Morgan fingerprint density at radius 3 is 2.72 bits per heavy atom. The lowest BCUT2D eigenvalue weighted by atomic mass is 10.1. The number of benzene rings is 1. The average Bonchev–Trinajstić information content (AvgIpc) is 2.34. The van der Waals surface area contributed by atoms with Crippen LogP contribution in [0, 0.1) is 6.92 Å². The Balaban J connectivity index is 3.00. The first kappa shape index (κ1) is 14.3. The van der Waals surface area contributed by atoms with Crippen molar-refractivity contribution in [2.24, 2.45) is 10.9 Å². The maximum atomic E-state index is 9.30. The summed E-state index contributed by atoms with van der Waals surface area (Å²) in [5.74, 6) is 0.0950. The monoisotopic (exact) mass is 251 g/mol. The zero-order chi connectivity index (χ0) is 13.7. The number of hydrogen-bond donors (Lipinski definition) is 3. The predicted molar refractivity (Wildman–Crippen MR) is 73.3 cm³/mol. The summed E-state index contributed by atoms with van der Waals surface area (Å²) < 4.78 is 0. The van der Waals surface area contributed by atoms with Crippen LogP contribution in [-0.2, 0) is 0 Å². The standard InChI is InChI=1S/C13H21N3O2/c1-9-4-5-12(11(8-9)13(14)15-18)16(3)7-6-10(2)17/h4-5,8,10,17-18H,6-7H2,1-3H3,(H2,14,15). The molecule has 0 bridgehead atoms. The lowest BCUT2D eigenvalue weighted by Gasteiger charge is -2.23. The van der Waals surface area contributed by atoms with Crippen molar-refractivity contribution >= 4 is 11.5 Å². The van der Waals surface area contributed by atoms with E-state index in [1.807, 2.05) is 37.1 Å². The van der Waals surface area contributed by atoms with Crippen LogP contribution in [-0.4, -0.2) is 35.8 Å². The molecule has 1 atom stereocenters. The van der Waals surface area contributed by atoms with E-state index in [1.54, 1.807) is 6.92 Å². The number of nitrogens with two attached hydrogens (primary N) is 1. The zero-order valence-electron chi connectivity index (χ0n) is 11.1. The minimum atomic E-state index is -0.342. The molecule has 5 heteroatoms. The molecule has 0 amide bonds.